The van der Waals surface area contributed by atoms with E-state index in [1.54, 1.807) is 0 Å². The minimum atomic E-state index is -0.0870. The largest absolute Gasteiger partial charge is 0.393 e. The van der Waals surface area contributed by atoms with Gasteiger partial charge < -0.3 is 5.11 Å². The molecule has 29 heavy (non-hydrogen) atoms. The van der Waals surface area contributed by atoms with E-state index in [4.69, 9.17) is 11.6 Å². The van der Waals surface area contributed by atoms with E-state index in [0.29, 0.717) is 23.2 Å². The van der Waals surface area contributed by atoms with Gasteiger partial charge in [-0.1, -0.05) is 60.3 Å². The smallest absolute Gasteiger partial charge is 0.0577 e. The second kappa shape index (κ2) is 7.99. The molecular formula is C27H47ClO. The summed E-state index contributed by atoms with van der Waals surface area (Å²) in [5, 5.41) is 11.4. The zero-order valence-electron chi connectivity index (χ0n) is 19.9. The minimum Gasteiger partial charge on any atom is -0.393 e. The Balaban J connectivity index is 1.56. The van der Waals surface area contributed by atoms with Crippen LogP contribution in [0.1, 0.15) is 112 Å². The topological polar surface area (TPSA) is 20.2 Å². The Hall–Kier alpha value is 0.250. The molecule has 4 aliphatic carbocycles. The maximum atomic E-state index is 11.4. The molecular weight excluding hydrogens is 376 g/mol. The molecule has 0 heterocycles. The maximum Gasteiger partial charge on any atom is 0.0577 e. The molecule has 1 nitrogen and oxygen atoms in total. The van der Waals surface area contributed by atoms with Gasteiger partial charge in [0.1, 0.15) is 0 Å². The van der Waals surface area contributed by atoms with E-state index in [9.17, 15) is 5.11 Å². The number of aliphatic hydroxyl groups is 1. The third-order valence-corrected chi connectivity index (χ3v) is 12.0. The van der Waals surface area contributed by atoms with Gasteiger partial charge in [-0.3, -0.25) is 0 Å². The SMILES string of the molecule is CC(C)CCC[C@@H](C)[C@]1(Cl)CC[C@H]2[C@@H]3[C@H](O)CC4CCCC[C@]4(C)[C@H]3CC[C@@]21C. The van der Waals surface area contributed by atoms with Gasteiger partial charge in [0.05, 0.1) is 11.0 Å². The van der Waals surface area contributed by atoms with Gasteiger partial charge in [-0.2, -0.15) is 0 Å². The van der Waals surface area contributed by atoms with Crippen LogP contribution in [-0.2, 0) is 0 Å². The fourth-order valence-corrected chi connectivity index (χ4v) is 9.60. The lowest BCUT2D eigenvalue weighted by atomic mass is 9.44. The van der Waals surface area contributed by atoms with Crippen LogP contribution in [0.15, 0.2) is 0 Å². The molecule has 1 N–H and O–H groups in total. The van der Waals surface area contributed by atoms with Crippen molar-refractivity contribution in [3.63, 3.8) is 0 Å². The second-order valence-electron chi connectivity index (χ2n) is 12.6. The first-order chi connectivity index (χ1) is 13.6. The third kappa shape index (κ3) is 3.44. The van der Waals surface area contributed by atoms with E-state index in [0.717, 1.165) is 30.6 Å². The van der Waals surface area contributed by atoms with Crippen molar-refractivity contribution < 1.29 is 5.11 Å². The van der Waals surface area contributed by atoms with Gasteiger partial charge in [0.25, 0.3) is 0 Å². The van der Waals surface area contributed by atoms with Crippen LogP contribution in [0.3, 0.4) is 0 Å². The first-order valence-electron chi connectivity index (χ1n) is 13.0. The van der Waals surface area contributed by atoms with Gasteiger partial charge in [-0.15, -0.1) is 11.6 Å². The average molecular weight is 423 g/mol. The Kier molecular flexibility index (Phi) is 6.18. The number of hydrogen-bond acceptors (Lipinski definition) is 1. The molecule has 0 bridgehead atoms. The first kappa shape index (κ1) is 22.4. The molecule has 0 saturated heterocycles. The molecule has 4 saturated carbocycles. The summed E-state index contributed by atoms with van der Waals surface area (Å²) in [7, 11) is 0. The Morgan fingerprint density at radius 1 is 0.931 bits per heavy atom. The van der Waals surface area contributed by atoms with Gasteiger partial charge in [-0.05, 0) is 97.7 Å². The lowest BCUT2D eigenvalue weighted by Gasteiger charge is -2.63. The third-order valence-electron chi connectivity index (χ3n) is 11.0. The maximum absolute atomic E-state index is 11.4. The van der Waals surface area contributed by atoms with E-state index in [2.05, 4.69) is 34.6 Å². The molecule has 0 aromatic heterocycles. The van der Waals surface area contributed by atoms with Crippen LogP contribution in [-0.4, -0.2) is 16.1 Å². The minimum absolute atomic E-state index is 0.0658. The standard InChI is InChI=1S/C27H47ClO/c1-18(2)9-8-10-19(3)27(28)16-13-22-24-21(12-15-26(22,27)5)25(4)14-7-6-11-20(25)17-23(24)29/h18-24,29H,6-17H2,1-5H3/t19-,20?,21+,22+,23-,24-,25+,26+,27-/m1/s1. The molecule has 4 fully saturated rings. The lowest BCUT2D eigenvalue weighted by molar-refractivity contribution is -0.162. The van der Waals surface area contributed by atoms with Gasteiger partial charge in [0, 0.05) is 0 Å². The van der Waals surface area contributed by atoms with Crippen molar-refractivity contribution >= 4 is 11.6 Å². The summed E-state index contributed by atoms with van der Waals surface area (Å²) in [4.78, 5) is -0.0658. The van der Waals surface area contributed by atoms with Crippen molar-refractivity contribution in [1.29, 1.82) is 0 Å². The molecule has 1 unspecified atom stereocenters. The van der Waals surface area contributed by atoms with Crippen molar-refractivity contribution in [2.45, 2.75) is 123 Å². The molecule has 0 aromatic rings. The molecule has 0 radical (unpaired) electrons. The summed E-state index contributed by atoms with van der Waals surface area (Å²) in [5.74, 6) is 3.97. The Morgan fingerprint density at radius 3 is 2.38 bits per heavy atom. The van der Waals surface area contributed by atoms with Crippen molar-refractivity contribution in [3.05, 3.63) is 0 Å². The van der Waals surface area contributed by atoms with Crippen LogP contribution in [0.4, 0.5) is 0 Å². The van der Waals surface area contributed by atoms with Crippen LogP contribution in [0.2, 0.25) is 0 Å². The molecule has 2 heteroatoms. The monoisotopic (exact) mass is 422 g/mol. The number of alkyl halides is 1. The number of hydrogen-bond donors (Lipinski definition) is 1. The molecule has 4 aliphatic rings. The van der Waals surface area contributed by atoms with Crippen LogP contribution in [0.25, 0.3) is 0 Å². The quantitative estimate of drug-likeness (QED) is 0.447. The number of halogens is 1. The molecule has 9 atom stereocenters. The average Bonchev–Trinajstić information content (AvgIpc) is 2.94. The highest BCUT2D eigenvalue weighted by Crippen LogP contribution is 2.70. The van der Waals surface area contributed by atoms with Crippen LogP contribution in [0.5, 0.6) is 0 Å². The number of fused-ring (bicyclic) bond motifs is 5. The lowest BCUT2D eigenvalue weighted by Crippen LogP contribution is -2.59. The van der Waals surface area contributed by atoms with Gasteiger partial charge in [0.15, 0.2) is 0 Å². The molecule has 168 valence electrons. The Labute approximate surface area is 185 Å². The highest BCUT2D eigenvalue weighted by molar-refractivity contribution is 6.25. The second-order valence-corrected chi connectivity index (χ2v) is 13.3. The van der Waals surface area contributed by atoms with Gasteiger partial charge in [0.2, 0.25) is 0 Å². The highest BCUT2D eigenvalue weighted by Gasteiger charge is 2.66. The van der Waals surface area contributed by atoms with Crippen molar-refractivity contribution in [1.82, 2.24) is 0 Å². The summed E-state index contributed by atoms with van der Waals surface area (Å²) in [5.41, 5.74) is 0.676. The Bertz CT molecular complexity index is 589. The number of rotatable bonds is 5. The summed E-state index contributed by atoms with van der Waals surface area (Å²) < 4.78 is 0. The van der Waals surface area contributed by atoms with Crippen LogP contribution in [0, 0.1) is 46.3 Å². The zero-order chi connectivity index (χ0) is 21.0. The van der Waals surface area contributed by atoms with E-state index in [-0.39, 0.29) is 16.4 Å². The molecule has 0 spiro atoms. The Morgan fingerprint density at radius 2 is 1.66 bits per heavy atom. The number of aliphatic hydroxyl groups excluding tert-OH is 1. The fourth-order valence-electron chi connectivity index (χ4n) is 9.15. The molecule has 0 amide bonds. The van der Waals surface area contributed by atoms with Crippen LogP contribution >= 0.6 is 11.6 Å². The van der Waals surface area contributed by atoms with E-state index in [1.165, 1.54) is 64.2 Å². The summed E-state index contributed by atoms with van der Waals surface area (Å²) in [6, 6.07) is 0. The van der Waals surface area contributed by atoms with Crippen molar-refractivity contribution in [3.8, 4) is 0 Å². The summed E-state index contributed by atoms with van der Waals surface area (Å²) >= 11 is 7.62. The van der Waals surface area contributed by atoms with Crippen molar-refractivity contribution in [2.24, 2.45) is 46.3 Å². The van der Waals surface area contributed by atoms with E-state index < -0.39 is 0 Å². The molecule has 0 aromatic carbocycles. The van der Waals surface area contributed by atoms with E-state index >= 15 is 0 Å². The normalized spacial score (nSPS) is 50.7. The predicted molar refractivity (Wildman–Crippen MR) is 124 cm³/mol. The van der Waals surface area contributed by atoms with Gasteiger partial charge >= 0.3 is 0 Å². The zero-order valence-corrected chi connectivity index (χ0v) is 20.6. The van der Waals surface area contributed by atoms with Crippen LogP contribution < -0.4 is 0 Å². The predicted octanol–water partition coefficient (Wildman–Crippen LogP) is 7.83. The van der Waals surface area contributed by atoms with Gasteiger partial charge in [-0.25, -0.2) is 0 Å². The van der Waals surface area contributed by atoms with E-state index in [1.807, 2.05) is 0 Å². The first-order valence-corrected chi connectivity index (χ1v) is 13.4. The molecule has 4 rings (SSSR count). The summed E-state index contributed by atoms with van der Waals surface area (Å²) in [6.45, 7) is 12.2. The highest BCUT2D eigenvalue weighted by atomic mass is 35.5. The summed E-state index contributed by atoms with van der Waals surface area (Å²) in [6.07, 6.45) is 15.4. The molecule has 0 aliphatic heterocycles. The fraction of sp³-hybridized carbons (Fsp3) is 1.00. The van der Waals surface area contributed by atoms with Crippen molar-refractivity contribution in [2.75, 3.05) is 0 Å².